The van der Waals surface area contributed by atoms with Crippen molar-refractivity contribution in [3.05, 3.63) is 53.8 Å². The summed E-state index contributed by atoms with van der Waals surface area (Å²) in [7, 11) is -3.48. The van der Waals surface area contributed by atoms with Crippen LogP contribution in [-0.2, 0) is 10.0 Å². The molecule has 0 aliphatic carbocycles. The van der Waals surface area contributed by atoms with E-state index >= 15 is 0 Å². The molecule has 168 valence electrons. The summed E-state index contributed by atoms with van der Waals surface area (Å²) in [6, 6.07) is 10.2. The van der Waals surface area contributed by atoms with Gasteiger partial charge >= 0.3 is 0 Å². The van der Waals surface area contributed by atoms with E-state index in [2.05, 4.69) is 15.0 Å². The number of piperazine rings is 1. The van der Waals surface area contributed by atoms with Crippen molar-refractivity contribution >= 4 is 27.4 Å². The lowest BCUT2D eigenvalue weighted by Crippen LogP contribution is -2.49. The SMILES string of the molecule is O=S(=O)(CCO)N1CCN(c2cc(-c3ccc(Cl)cc3O)nc(-c3cccnc3)n2)CC1. The normalized spacial score (nSPS) is 15.1. The molecule has 1 aliphatic rings. The molecular formula is C21H22ClN5O4S. The molecule has 0 unspecified atom stereocenters. The highest BCUT2D eigenvalue weighted by atomic mass is 35.5. The summed E-state index contributed by atoms with van der Waals surface area (Å²) in [5.74, 6) is 0.767. The highest BCUT2D eigenvalue weighted by Crippen LogP contribution is 2.33. The van der Waals surface area contributed by atoms with Crippen LogP contribution in [0.25, 0.3) is 22.6 Å². The number of sulfonamides is 1. The number of phenolic OH excluding ortho intramolecular Hbond substituents is 1. The summed E-state index contributed by atoms with van der Waals surface area (Å²) in [6.07, 6.45) is 3.31. The van der Waals surface area contributed by atoms with Crippen molar-refractivity contribution in [3.63, 3.8) is 0 Å². The standard InChI is InChI=1S/C21H22ClN5O4S/c22-16-3-4-17(19(29)12-16)18-13-20(25-21(24-18)15-2-1-5-23-14-15)26-6-8-27(9-7-26)32(30,31)11-10-28/h1-5,12-14,28-29H,6-11H2. The molecule has 2 N–H and O–H groups in total. The minimum atomic E-state index is -3.48. The van der Waals surface area contributed by atoms with Crippen LogP contribution in [0.15, 0.2) is 48.8 Å². The first-order valence-corrected chi connectivity index (χ1v) is 12.0. The van der Waals surface area contributed by atoms with Gasteiger partial charge < -0.3 is 15.1 Å². The second-order valence-corrected chi connectivity index (χ2v) is 9.79. The Morgan fingerprint density at radius 3 is 2.50 bits per heavy atom. The molecule has 3 aromatic rings. The second-order valence-electron chi connectivity index (χ2n) is 7.26. The molecule has 0 spiro atoms. The van der Waals surface area contributed by atoms with Gasteiger partial charge in [0.15, 0.2) is 5.82 Å². The van der Waals surface area contributed by atoms with Crippen LogP contribution in [0.3, 0.4) is 0 Å². The quantitative estimate of drug-likeness (QED) is 0.555. The number of aliphatic hydroxyl groups is 1. The number of nitrogens with zero attached hydrogens (tertiary/aromatic N) is 5. The molecule has 0 atom stereocenters. The molecule has 1 fully saturated rings. The number of aromatic hydroxyl groups is 1. The lowest BCUT2D eigenvalue weighted by Gasteiger charge is -2.34. The number of benzene rings is 1. The predicted octanol–water partition coefficient (Wildman–Crippen LogP) is 2.01. The third-order valence-electron chi connectivity index (χ3n) is 5.17. The molecule has 4 rings (SSSR count). The van der Waals surface area contributed by atoms with Gasteiger partial charge in [0.2, 0.25) is 10.0 Å². The molecule has 0 bridgehead atoms. The maximum Gasteiger partial charge on any atom is 0.216 e. The molecule has 0 radical (unpaired) electrons. The maximum atomic E-state index is 12.2. The minimum Gasteiger partial charge on any atom is -0.507 e. The molecular weight excluding hydrogens is 454 g/mol. The van der Waals surface area contributed by atoms with Gasteiger partial charge in [-0.1, -0.05) is 11.6 Å². The molecule has 0 saturated carbocycles. The summed E-state index contributed by atoms with van der Waals surface area (Å²) in [6.45, 7) is 1.03. The Labute approximate surface area is 191 Å². The van der Waals surface area contributed by atoms with Gasteiger partial charge in [-0.25, -0.2) is 18.4 Å². The van der Waals surface area contributed by atoms with Crippen molar-refractivity contribution in [3.8, 4) is 28.4 Å². The topological polar surface area (TPSA) is 120 Å². The number of halogens is 1. The fraction of sp³-hybridized carbons (Fsp3) is 0.286. The highest BCUT2D eigenvalue weighted by Gasteiger charge is 2.27. The summed E-state index contributed by atoms with van der Waals surface area (Å²) < 4.78 is 25.9. The Bertz CT molecular complexity index is 1200. The second kappa shape index (κ2) is 9.37. The summed E-state index contributed by atoms with van der Waals surface area (Å²) in [5.41, 5.74) is 1.74. The van der Waals surface area contributed by atoms with Gasteiger partial charge in [-0.2, -0.15) is 4.31 Å². The van der Waals surface area contributed by atoms with Gasteiger partial charge in [-0.05, 0) is 30.3 Å². The van der Waals surface area contributed by atoms with Crippen LogP contribution in [0.2, 0.25) is 5.02 Å². The third kappa shape index (κ3) is 4.83. The molecule has 32 heavy (non-hydrogen) atoms. The largest absolute Gasteiger partial charge is 0.507 e. The van der Waals surface area contributed by atoms with Gasteiger partial charge in [-0.15, -0.1) is 0 Å². The zero-order valence-electron chi connectivity index (χ0n) is 17.1. The fourth-order valence-electron chi connectivity index (χ4n) is 3.52. The van der Waals surface area contributed by atoms with Crippen molar-refractivity contribution < 1.29 is 18.6 Å². The van der Waals surface area contributed by atoms with Crippen molar-refractivity contribution in [2.45, 2.75) is 0 Å². The van der Waals surface area contributed by atoms with Crippen LogP contribution in [0.5, 0.6) is 5.75 Å². The van der Waals surface area contributed by atoms with Crippen LogP contribution in [-0.4, -0.2) is 76.4 Å². The third-order valence-corrected chi connectivity index (χ3v) is 7.26. The van der Waals surface area contributed by atoms with Crippen molar-refractivity contribution in [1.29, 1.82) is 0 Å². The van der Waals surface area contributed by atoms with E-state index in [1.165, 1.54) is 10.4 Å². The predicted molar refractivity (Wildman–Crippen MR) is 122 cm³/mol. The van der Waals surface area contributed by atoms with Crippen LogP contribution in [0.1, 0.15) is 0 Å². The van der Waals surface area contributed by atoms with Crippen LogP contribution in [0.4, 0.5) is 5.82 Å². The average molecular weight is 476 g/mol. The molecule has 1 saturated heterocycles. The Morgan fingerprint density at radius 1 is 1.06 bits per heavy atom. The number of hydrogen-bond acceptors (Lipinski definition) is 8. The van der Waals surface area contributed by atoms with Gasteiger partial charge in [0.25, 0.3) is 0 Å². The van der Waals surface area contributed by atoms with Crippen LogP contribution in [0, 0.1) is 0 Å². The minimum absolute atomic E-state index is 0.000738. The van der Waals surface area contributed by atoms with E-state index < -0.39 is 16.6 Å². The molecule has 2 aromatic heterocycles. The first kappa shape index (κ1) is 22.4. The average Bonchev–Trinajstić information content (AvgIpc) is 2.79. The van der Waals surface area contributed by atoms with Crippen molar-refractivity contribution in [2.75, 3.05) is 43.4 Å². The Kier molecular flexibility index (Phi) is 6.56. The number of hydrogen-bond donors (Lipinski definition) is 2. The number of rotatable bonds is 6. The molecule has 3 heterocycles. The van der Waals surface area contributed by atoms with E-state index in [4.69, 9.17) is 16.7 Å². The Hall–Kier alpha value is -2.79. The van der Waals surface area contributed by atoms with Gasteiger partial charge in [0.05, 0.1) is 18.1 Å². The number of aromatic nitrogens is 3. The lowest BCUT2D eigenvalue weighted by atomic mass is 10.1. The summed E-state index contributed by atoms with van der Waals surface area (Å²) in [5, 5.41) is 19.8. The fourth-order valence-corrected chi connectivity index (χ4v) is 4.89. The monoisotopic (exact) mass is 475 g/mol. The first-order chi connectivity index (χ1) is 15.4. The number of anilines is 1. The number of phenols is 1. The van der Waals surface area contributed by atoms with Gasteiger partial charge in [0.1, 0.15) is 11.6 Å². The van der Waals surface area contributed by atoms with Gasteiger partial charge in [-0.3, -0.25) is 4.98 Å². The molecule has 9 nitrogen and oxygen atoms in total. The van der Waals surface area contributed by atoms with Crippen molar-refractivity contribution in [1.82, 2.24) is 19.3 Å². The van der Waals surface area contributed by atoms with Gasteiger partial charge in [0, 0.05) is 60.8 Å². The Morgan fingerprint density at radius 2 is 1.84 bits per heavy atom. The lowest BCUT2D eigenvalue weighted by molar-refractivity contribution is 0.312. The first-order valence-electron chi connectivity index (χ1n) is 9.99. The van der Waals surface area contributed by atoms with E-state index in [1.807, 2.05) is 11.0 Å². The number of pyridine rings is 1. The van der Waals surface area contributed by atoms with E-state index in [9.17, 15) is 13.5 Å². The highest BCUT2D eigenvalue weighted by molar-refractivity contribution is 7.89. The molecule has 0 amide bonds. The number of aliphatic hydroxyl groups excluding tert-OH is 1. The van der Waals surface area contributed by atoms with Crippen LogP contribution < -0.4 is 4.90 Å². The molecule has 1 aliphatic heterocycles. The zero-order valence-corrected chi connectivity index (χ0v) is 18.7. The molecule has 1 aromatic carbocycles. The van der Waals surface area contributed by atoms with Crippen molar-refractivity contribution in [2.24, 2.45) is 0 Å². The molecule has 11 heteroatoms. The van der Waals surface area contributed by atoms with E-state index in [1.54, 1.807) is 36.7 Å². The Balaban J connectivity index is 1.69. The summed E-state index contributed by atoms with van der Waals surface area (Å²) >= 11 is 5.98. The van der Waals surface area contributed by atoms with E-state index in [-0.39, 0.29) is 24.6 Å². The van der Waals surface area contributed by atoms with E-state index in [0.717, 1.165) is 0 Å². The summed E-state index contributed by atoms with van der Waals surface area (Å²) in [4.78, 5) is 15.4. The smallest absolute Gasteiger partial charge is 0.216 e. The van der Waals surface area contributed by atoms with E-state index in [0.29, 0.717) is 46.6 Å². The van der Waals surface area contributed by atoms with Crippen LogP contribution >= 0.6 is 11.6 Å². The maximum absolute atomic E-state index is 12.2. The zero-order chi connectivity index (χ0) is 22.7.